The minimum atomic E-state index is -0.736. The first kappa shape index (κ1) is 14.4. The molecule has 0 spiro atoms. The van der Waals surface area contributed by atoms with Gasteiger partial charge >= 0.3 is 0 Å². The summed E-state index contributed by atoms with van der Waals surface area (Å²) in [6, 6.07) is 13.7. The van der Waals surface area contributed by atoms with Gasteiger partial charge in [0.15, 0.2) is 0 Å². The Balaban J connectivity index is 1.82. The number of halogens is 1. The first-order chi connectivity index (χ1) is 10.6. The third-order valence-corrected chi connectivity index (χ3v) is 3.38. The van der Waals surface area contributed by atoms with Crippen molar-refractivity contribution in [2.45, 2.75) is 19.4 Å². The SMILES string of the molecule is Cc1nnc(CC(O)c2cccc(-c3ccc(F)cc3)c2)o1. The van der Waals surface area contributed by atoms with Crippen LogP contribution in [0.4, 0.5) is 4.39 Å². The summed E-state index contributed by atoms with van der Waals surface area (Å²) in [6.07, 6.45) is -0.478. The summed E-state index contributed by atoms with van der Waals surface area (Å²) in [4.78, 5) is 0. The van der Waals surface area contributed by atoms with E-state index in [1.165, 1.54) is 12.1 Å². The maximum absolute atomic E-state index is 13.0. The summed E-state index contributed by atoms with van der Waals surface area (Å²) < 4.78 is 18.3. The van der Waals surface area contributed by atoms with Crippen molar-refractivity contribution < 1.29 is 13.9 Å². The van der Waals surface area contributed by atoms with Crippen molar-refractivity contribution in [3.05, 3.63) is 71.7 Å². The van der Waals surface area contributed by atoms with Crippen LogP contribution in [-0.4, -0.2) is 15.3 Å². The van der Waals surface area contributed by atoms with Crippen LogP contribution in [-0.2, 0) is 6.42 Å². The number of aliphatic hydroxyl groups excluding tert-OH is 1. The Bertz CT molecular complexity index is 768. The second-order valence-corrected chi connectivity index (χ2v) is 5.07. The molecule has 0 bridgehead atoms. The van der Waals surface area contributed by atoms with Crippen LogP contribution in [0.1, 0.15) is 23.4 Å². The third-order valence-electron chi connectivity index (χ3n) is 3.38. The average molecular weight is 298 g/mol. The summed E-state index contributed by atoms with van der Waals surface area (Å²) in [5, 5.41) is 17.9. The second-order valence-electron chi connectivity index (χ2n) is 5.07. The summed E-state index contributed by atoms with van der Waals surface area (Å²) in [7, 11) is 0. The molecular weight excluding hydrogens is 283 g/mol. The van der Waals surface area contributed by atoms with Gasteiger partial charge < -0.3 is 9.52 Å². The predicted octanol–water partition coefficient (Wildman–Crippen LogP) is 3.46. The van der Waals surface area contributed by atoms with Crippen LogP contribution in [0.15, 0.2) is 52.9 Å². The molecule has 0 aliphatic carbocycles. The normalized spacial score (nSPS) is 12.3. The van der Waals surface area contributed by atoms with Gasteiger partial charge in [-0.15, -0.1) is 10.2 Å². The summed E-state index contributed by atoms with van der Waals surface area (Å²) >= 11 is 0. The Kier molecular flexibility index (Phi) is 3.98. The number of benzene rings is 2. The summed E-state index contributed by atoms with van der Waals surface area (Å²) in [6.45, 7) is 1.71. The van der Waals surface area contributed by atoms with Crippen LogP contribution in [0.3, 0.4) is 0 Å². The van der Waals surface area contributed by atoms with Crippen LogP contribution in [0.25, 0.3) is 11.1 Å². The van der Waals surface area contributed by atoms with E-state index in [1.807, 2.05) is 24.3 Å². The quantitative estimate of drug-likeness (QED) is 0.801. The fourth-order valence-corrected chi connectivity index (χ4v) is 2.27. The number of aromatic nitrogens is 2. The number of hydrogen-bond acceptors (Lipinski definition) is 4. The molecule has 0 saturated carbocycles. The molecule has 0 saturated heterocycles. The molecule has 2 aromatic carbocycles. The first-order valence-electron chi connectivity index (χ1n) is 6.95. The van der Waals surface area contributed by atoms with E-state index in [4.69, 9.17) is 4.42 Å². The Labute approximate surface area is 127 Å². The fraction of sp³-hybridized carbons (Fsp3) is 0.176. The molecule has 112 valence electrons. The van der Waals surface area contributed by atoms with E-state index in [0.29, 0.717) is 11.8 Å². The molecule has 0 amide bonds. The Morgan fingerprint density at radius 1 is 1.09 bits per heavy atom. The number of aryl methyl sites for hydroxylation is 1. The molecule has 0 radical (unpaired) electrons. The summed E-state index contributed by atoms with van der Waals surface area (Å²) in [5.41, 5.74) is 2.56. The molecule has 1 unspecified atom stereocenters. The van der Waals surface area contributed by atoms with Crippen LogP contribution in [0.2, 0.25) is 0 Å². The van der Waals surface area contributed by atoms with Gasteiger partial charge in [-0.1, -0.05) is 30.3 Å². The van der Waals surface area contributed by atoms with Crippen LogP contribution in [0, 0.1) is 12.7 Å². The molecule has 5 heteroatoms. The first-order valence-corrected chi connectivity index (χ1v) is 6.95. The van der Waals surface area contributed by atoms with E-state index < -0.39 is 6.10 Å². The average Bonchev–Trinajstić information content (AvgIpc) is 2.93. The van der Waals surface area contributed by atoms with Gasteiger partial charge in [-0.05, 0) is 34.9 Å². The van der Waals surface area contributed by atoms with Crippen molar-refractivity contribution in [2.75, 3.05) is 0 Å². The van der Waals surface area contributed by atoms with E-state index in [2.05, 4.69) is 10.2 Å². The standard InChI is InChI=1S/C17H15FN2O2/c1-11-19-20-17(22-11)10-16(21)14-4-2-3-13(9-14)12-5-7-15(18)8-6-12/h2-9,16,21H,10H2,1H3. The predicted molar refractivity (Wildman–Crippen MR) is 79.5 cm³/mol. The van der Waals surface area contributed by atoms with Gasteiger partial charge in [0.25, 0.3) is 0 Å². The Morgan fingerprint density at radius 2 is 1.86 bits per heavy atom. The Morgan fingerprint density at radius 3 is 2.55 bits per heavy atom. The molecule has 22 heavy (non-hydrogen) atoms. The fourth-order valence-electron chi connectivity index (χ4n) is 2.27. The monoisotopic (exact) mass is 298 g/mol. The molecule has 4 nitrogen and oxygen atoms in total. The van der Waals surface area contributed by atoms with Gasteiger partial charge in [0.05, 0.1) is 12.5 Å². The van der Waals surface area contributed by atoms with E-state index in [0.717, 1.165) is 16.7 Å². The number of hydrogen-bond donors (Lipinski definition) is 1. The lowest BCUT2D eigenvalue weighted by Crippen LogP contribution is -2.02. The van der Waals surface area contributed by atoms with Crippen molar-refractivity contribution in [1.82, 2.24) is 10.2 Å². The second kappa shape index (κ2) is 6.07. The maximum atomic E-state index is 13.0. The maximum Gasteiger partial charge on any atom is 0.219 e. The van der Waals surface area contributed by atoms with Gasteiger partial charge in [0, 0.05) is 6.92 Å². The van der Waals surface area contributed by atoms with Gasteiger partial charge in [-0.2, -0.15) is 0 Å². The third kappa shape index (κ3) is 3.20. The molecule has 3 rings (SSSR count). The molecule has 1 heterocycles. The highest BCUT2D eigenvalue weighted by atomic mass is 19.1. The van der Waals surface area contributed by atoms with Crippen molar-refractivity contribution in [3.8, 4) is 11.1 Å². The van der Waals surface area contributed by atoms with Crippen molar-refractivity contribution in [2.24, 2.45) is 0 Å². The van der Waals surface area contributed by atoms with Gasteiger partial charge in [0.1, 0.15) is 5.82 Å². The van der Waals surface area contributed by atoms with Crippen molar-refractivity contribution in [1.29, 1.82) is 0 Å². The van der Waals surface area contributed by atoms with E-state index >= 15 is 0 Å². The van der Waals surface area contributed by atoms with Gasteiger partial charge in [-0.25, -0.2) is 4.39 Å². The zero-order valence-electron chi connectivity index (χ0n) is 12.0. The van der Waals surface area contributed by atoms with Crippen LogP contribution < -0.4 is 0 Å². The number of rotatable bonds is 4. The molecule has 1 atom stereocenters. The molecular formula is C17H15FN2O2. The van der Waals surface area contributed by atoms with Crippen LogP contribution >= 0.6 is 0 Å². The molecule has 1 aromatic heterocycles. The molecule has 3 aromatic rings. The molecule has 0 aliphatic rings. The minimum Gasteiger partial charge on any atom is -0.425 e. The van der Waals surface area contributed by atoms with E-state index in [-0.39, 0.29) is 12.2 Å². The number of aliphatic hydroxyl groups is 1. The topological polar surface area (TPSA) is 59.2 Å². The molecule has 0 fully saturated rings. The highest BCUT2D eigenvalue weighted by molar-refractivity contribution is 5.64. The summed E-state index contributed by atoms with van der Waals surface area (Å²) in [5.74, 6) is 0.603. The van der Waals surface area contributed by atoms with E-state index in [1.54, 1.807) is 19.1 Å². The minimum absolute atomic E-state index is 0.258. The van der Waals surface area contributed by atoms with Crippen LogP contribution in [0.5, 0.6) is 0 Å². The molecule has 1 N–H and O–H groups in total. The molecule has 0 aliphatic heterocycles. The lowest BCUT2D eigenvalue weighted by atomic mass is 9.99. The smallest absolute Gasteiger partial charge is 0.219 e. The Hall–Kier alpha value is -2.53. The van der Waals surface area contributed by atoms with Crippen molar-refractivity contribution >= 4 is 0 Å². The largest absolute Gasteiger partial charge is 0.425 e. The van der Waals surface area contributed by atoms with E-state index in [9.17, 15) is 9.50 Å². The number of nitrogens with zero attached hydrogens (tertiary/aromatic N) is 2. The lowest BCUT2D eigenvalue weighted by Gasteiger charge is -2.10. The highest BCUT2D eigenvalue weighted by Gasteiger charge is 2.13. The zero-order chi connectivity index (χ0) is 15.5. The lowest BCUT2D eigenvalue weighted by molar-refractivity contribution is 0.168. The highest BCUT2D eigenvalue weighted by Crippen LogP contribution is 2.25. The van der Waals surface area contributed by atoms with Crippen molar-refractivity contribution in [3.63, 3.8) is 0 Å². The van der Waals surface area contributed by atoms with Gasteiger partial charge in [-0.3, -0.25) is 0 Å². The zero-order valence-corrected chi connectivity index (χ0v) is 12.0. The van der Waals surface area contributed by atoms with Gasteiger partial charge in [0.2, 0.25) is 11.8 Å².